The first-order chi connectivity index (χ1) is 11.0. The number of fused-ring (bicyclic) bond motifs is 1. The third-order valence-electron chi connectivity index (χ3n) is 3.40. The topological polar surface area (TPSA) is 73.8 Å². The Morgan fingerprint density at radius 2 is 2.26 bits per heavy atom. The van der Waals surface area contributed by atoms with E-state index >= 15 is 0 Å². The molecule has 3 heterocycles. The molecule has 0 unspecified atom stereocenters. The number of allylic oxidation sites excluding steroid dienone is 2. The van der Waals surface area contributed by atoms with Crippen molar-refractivity contribution in [1.82, 2.24) is 9.61 Å². The molecule has 6 heteroatoms. The van der Waals surface area contributed by atoms with E-state index in [0.717, 1.165) is 11.2 Å². The molecule has 0 saturated heterocycles. The molecule has 0 bridgehead atoms. The SMILES string of the molecule is CC(C)(O)COc1cc(N2C=CC=CC2)c2c(C#N)cnn2c1. The van der Waals surface area contributed by atoms with Crippen LogP contribution in [0.1, 0.15) is 19.4 Å². The number of aliphatic hydroxyl groups is 1. The van der Waals surface area contributed by atoms with Gasteiger partial charge in [0.05, 0.1) is 29.2 Å². The van der Waals surface area contributed by atoms with Gasteiger partial charge in [-0.3, -0.25) is 0 Å². The standard InChI is InChI=1S/C17H18N4O2/c1-17(2,22)12-23-14-8-15(20-6-4-3-5-7-20)16-13(9-18)10-19-21(16)11-14/h3-6,8,10-11,22H,7,12H2,1-2H3. The molecule has 2 aromatic heterocycles. The average Bonchev–Trinajstić information content (AvgIpc) is 2.95. The van der Waals surface area contributed by atoms with Gasteiger partial charge in [0.15, 0.2) is 0 Å². The zero-order valence-corrected chi connectivity index (χ0v) is 13.1. The van der Waals surface area contributed by atoms with Crippen LogP contribution in [-0.2, 0) is 0 Å². The Bertz CT molecular complexity index is 821. The van der Waals surface area contributed by atoms with Gasteiger partial charge >= 0.3 is 0 Å². The summed E-state index contributed by atoms with van der Waals surface area (Å²) in [6.07, 6.45) is 11.2. The van der Waals surface area contributed by atoms with E-state index in [2.05, 4.69) is 11.2 Å². The molecular formula is C17H18N4O2. The van der Waals surface area contributed by atoms with Crippen molar-refractivity contribution in [2.45, 2.75) is 19.4 Å². The van der Waals surface area contributed by atoms with Gasteiger partial charge in [0, 0.05) is 18.8 Å². The number of aromatic nitrogens is 2. The van der Waals surface area contributed by atoms with Gasteiger partial charge in [0.1, 0.15) is 23.9 Å². The van der Waals surface area contributed by atoms with E-state index in [1.807, 2.05) is 35.4 Å². The number of hydrogen-bond donors (Lipinski definition) is 1. The lowest BCUT2D eigenvalue weighted by Gasteiger charge is -2.23. The molecule has 0 aliphatic carbocycles. The van der Waals surface area contributed by atoms with Crippen LogP contribution in [0.25, 0.3) is 5.52 Å². The first kappa shape index (κ1) is 15.1. The monoisotopic (exact) mass is 310 g/mol. The first-order valence-corrected chi connectivity index (χ1v) is 7.34. The summed E-state index contributed by atoms with van der Waals surface area (Å²) in [7, 11) is 0. The van der Waals surface area contributed by atoms with Crippen LogP contribution in [0.15, 0.2) is 42.9 Å². The molecule has 0 spiro atoms. The number of anilines is 1. The second kappa shape index (κ2) is 5.78. The summed E-state index contributed by atoms with van der Waals surface area (Å²) in [5.74, 6) is 0.588. The molecule has 0 atom stereocenters. The van der Waals surface area contributed by atoms with Crippen molar-refractivity contribution in [1.29, 1.82) is 5.26 Å². The minimum atomic E-state index is -0.926. The summed E-state index contributed by atoms with van der Waals surface area (Å²) in [5.41, 5.74) is 1.16. The van der Waals surface area contributed by atoms with Crippen molar-refractivity contribution < 1.29 is 9.84 Å². The lowest BCUT2D eigenvalue weighted by atomic mass is 10.1. The molecule has 1 N–H and O–H groups in total. The van der Waals surface area contributed by atoms with E-state index in [9.17, 15) is 10.4 Å². The normalized spacial score (nSPS) is 14.3. The van der Waals surface area contributed by atoms with Crippen molar-refractivity contribution in [3.8, 4) is 11.8 Å². The number of nitriles is 1. The van der Waals surface area contributed by atoms with E-state index < -0.39 is 5.60 Å². The molecule has 1 aliphatic heterocycles. The summed E-state index contributed by atoms with van der Waals surface area (Å²) in [6, 6.07) is 4.04. The van der Waals surface area contributed by atoms with Gasteiger partial charge in [-0.2, -0.15) is 10.4 Å². The molecule has 0 amide bonds. The Balaban J connectivity index is 2.06. The minimum absolute atomic E-state index is 0.167. The Hall–Kier alpha value is -2.78. The maximum absolute atomic E-state index is 9.83. The highest BCUT2D eigenvalue weighted by Gasteiger charge is 2.18. The Morgan fingerprint density at radius 3 is 2.91 bits per heavy atom. The van der Waals surface area contributed by atoms with Crippen LogP contribution in [0.4, 0.5) is 5.69 Å². The van der Waals surface area contributed by atoms with E-state index in [0.29, 0.717) is 17.9 Å². The van der Waals surface area contributed by atoms with Crippen LogP contribution in [-0.4, -0.2) is 33.5 Å². The molecule has 0 saturated carbocycles. The van der Waals surface area contributed by atoms with Crippen molar-refractivity contribution >= 4 is 11.2 Å². The molecule has 23 heavy (non-hydrogen) atoms. The highest BCUT2D eigenvalue weighted by molar-refractivity contribution is 5.81. The van der Waals surface area contributed by atoms with E-state index in [1.165, 1.54) is 0 Å². The van der Waals surface area contributed by atoms with Crippen LogP contribution in [0.2, 0.25) is 0 Å². The van der Waals surface area contributed by atoms with Gasteiger partial charge < -0.3 is 14.7 Å². The fraction of sp³-hybridized carbons (Fsp3) is 0.294. The lowest BCUT2D eigenvalue weighted by molar-refractivity contribution is 0.0283. The first-order valence-electron chi connectivity index (χ1n) is 7.34. The third-order valence-corrected chi connectivity index (χ3v) is 3.40. The lowest BCUT2D eigenvalue weighted by Crippen LogP contribution is -2.28. The number of ether oxygens (including phenoxy) is 1. The summed E-state index contributed by atoms with van der Waals surface area (Å²) in [5, 5.41) is 23.4. The van der Waals surface area contributed by atoms with Gasteiger partial charge in [-0.1, -0.05) is 12.2 Å². The van der Waals surface area contributed by atoms with Crippen molar-refractivity contribution in [3.05, 3.63) is 48.5 Å². The largest absolute Gasteiger partial charge is 0.489 e. The van der Waals surface area contributed by atoms with E-state index in [-0.39, 0.29) is 6.61 Å². The van der Waals surface area contributed by atoms with Crippen LogP contribution in [0.5, 0.6) is 5.75 Å². The van der Waals surface area contributed by atoms with Crippen LogP contribution in [0.3, 0.4) is 0 Å². The number of pyridine rings is 1. The molecule has 2 aromatic rings. The Kier molecular flexibility index (Phi) is 3.80. The molecule has 0 radical (unpaired) electrons. The molecule has 6 nitrogen and oxygen atoms in total. The number of nitrogens with zero attached hydrogens (tertiary/aromatic N) is 4. The fourth-order valence-corrected chi connectivity index (χ4v) is 2.36. The van der Waals surface area contributed by atoms with Crippen LogP contribution >= 0.6 is 0 Å². The quantitative estimate of drug-likeness (QED) is 0.937. The van der Waals surface area contributed by atoms with Gasteiger partial charge in [-0.15, -0.1) is 0 Å². The van der Waals surface area contributed by atoms with Crippen molar-refractivity contribution in [2.75, 3.05) is 18.1 Å². The Morgan fingerprint density at radius 1 is 1.43 bits per heavy atom. The molecule has 0 aromatic carbocycles. The van der Waals surface area contributed by atoms with E-state index in [1.54, 1.807) is 30.8 Å². The van der Waals surface area contributed by atoms with Crippen molar-refractivity contribution in [2.24, 2.45) is 0 Å². The highest BCUT2D eigenvalue weighted by Crippen LogP contribution is 2.30. The fourth-order valence-electron chi connectivity index (χ4n) is 2.36. The molecular weight excluding hydrogens is 292 g/mol. The molecule has 118 valence electrons. The number of rotatable bonds is 4. The maximum Gasteiger partial charge on any atom is 0.139 e. The van der Waals surface area contributed by atoms with Crippen molar-refractivity contribution in [3.63, 3.8) is 0 Å². The zero-order chi connectivity index (χ0) is 16.4. The van der Waals surface area contributed by atoms with Gasteiger partial charge in [-0.25, -0.2) is 4.52 Å². The molecule has 1 aliphatic rings. The summed E-state index contributed by atoms with van der Waals surface area (Å²) >= 11 is 0. The zero-order valence-electron chi connectivity index (χ0n) is 13.1. The van der Waals surface area contributed by atoms with Crippen LogP contribution < -0.4 is 9.64 Å². The maximum atomic E-state index is 9.83. The average molecular weight is 310 g/mol. The third kappa shape index (κ3) is 3.20. The second-order valence-electron chi connectivity index (χ2n) is 6.05. The number of hydrogen-bond acceptors (Lipinski definition) is 5. The summed E-state index contributed by atoms with van der Waals surface area (Å²) < 4.78 is 7.33. The molecule has 3 rings (SSSR count). The molecule has 0 fully saturated rings. The minimum Gasteiger partial charge on any atom is -0.489 e. The Labute approximate surface area is 134 Å². The van der Waals surface area contributed by atoms with E-state index in [4.69, 9.17) is 4.74 Å². The highest BCUT2D eigenvalue weighted by atomic mass is 16.5. The second-order valence-corrected chi connectivity index (χ2v) is 6.05. The van der Waals surface area contributed by atoms with Gasteiger partial charge in [0.2, 0.25) is 0 Å². The predicted octanol–water partition coefficient (Wildman–Crippen LogP) is 2.25. The predicted molar refractivity (Wildman–Crippen MR) is 87.3 cm³/mol. The van der Waals surface area contributed by atoms with Gasteiger partial charge in [0.25, 0.3) is 0 Å². The summed E-state index contributed by atoms with van der Waals surface area (Å²) in [6.45, 7) is 4.25. The smallest absolute Gasteiger partial charge is 0.139 e. The van der Waals surface area contributed by atoms with Gasteiger partial charge in [-0.05, 0) is 19.9 Å². The van der Waals surface area contributed by atoms with Crippen LogP contribution in [0, 0.1) is 11.3 Å². The summed E-state index contributed by atoms with van der Waals surface area (Å²) in [4.78, 5) is 2.02.